The first kappa shape index (κ1) is 11.1. The molecule has 0 aromatic heterocycles. The highest BCUT2D eigenvalue weighted by Gasteiger charge is 2.45. The minimum Gasteiger partial charge on any atom is -0.481 e. The Labute approximate surface area is 93.4 Å². The van der Waals surface area contributed by atoms with Crippen molar-refractivity contribution in [3.63, 3.8) is 0 Å². The number of carboxylic acids is 1. The average molecular weight is 225 g/mol. The molecule has 0 radical (unpaired) electrons. The van der Waals surface area contributed by atoms with Crippen molar-refractivity contribution in [2.75, 3.05) is 6.54 Å². The summed E-state index contributed by atoms with van der Waals surface area (Å²) in [6.07, 6.45) is 2.20. The van der Waals surface area contributed by atoms with Gasteiger partial charge in [-0.25, -0.2) is 0 Å². The summed E-state index contributed by atoms with van der Waals surface area (Å²) in [6.45, 7) is 1.53. The van der Waals surface area contributed by atoms with Crippen molar-refractivity contribution in [2.24, 2.45) is 17.8 Å². The van der Waals surface area contributed by atoms with Gasteiger partial charge >= 0.3 is 5.97 Å². The van der Waals surface area contributed by atoms with E-state index >= 15 is 0 Å². The van der Waals surface area contributed by atoms with Crippen LogP contribution in [0.1, 0.15) is 26.2 Å². The fourth-order valence-electron chi connectivity index (χ4n) is 2.51. The van der Waals surface area contributed by atoms with E-state index in [9.17, 15) is 14.4 Å². The second kappa shape index (κ2) is 3.88. The molecule has 2 aliphatic rings. The third-order valence-corrected chi connectivity index (χ3v) is 3.54. The zero-order valence-electron chi connectivity index (χ0n) is 9.18. The summed E-state index contributed by atoms with van der Waals surface area (Å²) in [5.74, 6) is -2.12. The van der Waals surface area contributed by atoms with Crippen molar-refractivity contribution < 1.29 is 19.5 Å². The lowest BCUT2D eigenvalue weighted by Crippen LogP contribution is -2.48. The van der Waals surface area contributed by atoms with E-state index in [4.69, 9.17) is 5.11 Å². The summed E-state index contributed by atoms with van der Waals surface area (Å²) in [5.41, 5.74) is 0. The van der Waals surface area contributed by atoms with Crippen LogP contribution >= 0.6 is 0 Å². The lowest BCUT2D eigenvalue weighted by Gasteiger charge is -2.30. The number of nitrogens with zero attached hydrogens (tertiary/aromatic N) is 1. The second-order valence-corrected chi connectivity index (χ2v) is 4.73. The molecule has 1 saturated heterocycles. The van der Waals surface area contributed by atoms with Gasteiger partial charge in [0.1, 0.15) is 0 Å². The Morgan fingerprint density at radius 2 is 1.88 bits per heavy atom. The summed E-state index contributed by atoms with van der Waals surface area (Å²) in [6, 6.07) is 0. The number of imide groups is 1. The van der Waals surface area contributed by atoms with Gasteiger partial charge in [-0.2, -0.15) is 0 Å². The highest BCUT2D eigenvalue weighted by molar-refractivity contribution is 6.01. The largest absolute Gasteiger partial charge is 0.481 e. The molecule has 2 fully saturated rings. The van der Waals surface area contributed by atoms with Crippen LogP contribution in [0.2, 0.25) is 0 Å². The van der Waals surface area contributed by atoms with Gasteiger partial charge in [-0.1, -0.05) is 6.92 Å². The molecule has 1 aliphatic carbocycles. The zero-order chi connectivity index (χ0) is 11.9. The van der Waals surface area contributed by atoms with Gasteiger partial charge in [0.05, 0.1) is 5.92 Å². The molecule has 16 heavy (non-hydrogen) atoms. The fourth-order valence-corrected chi connectivity index (χ4v) is 2.51. The maximum atomic E-state index is 11.9. The molecule has 5 nitrogen and oxygen atoms in total. The molecule has 1 saturated carbocycles. The SMILES string of the molecule is CC(CN1C(=O)C2CCC(C2)C1=O)C(=O)O. The van der Waals surface area contributed by atoms with Crippen LogP contribution < -0.4 is 0 Å². The number of fused-ring (bicyclic) bond motifs is 2. The third kappa shape index (κ3) is 1.70. The Morgan fingerprint density at radius 1 is 1.38 bits per heavy atom. The van der Waals surface area contributed by atoms with Gasteiger partial charge in [0.25, 0.3) is 0 Å². The first-order valence-electron chi connectivity index (χ1n) is 5.58. The minimum atomic E-state index is -0.974. The van der Waals surface area contributed by atoms with Crippen LogP contribution in [-0.2, 0) is 14.4 Å². The molecular weight excluding hydrogens is 210 g/mol. The van der Waals surface area contributed by atoms with Crippen LogP contribution in [0.4, 0.5) is 0 Å². The lowest BCUT2D eigenvalue weighted by molar-refractivity contribution is -0.155. The number of carbonyl (C=O) groups excluding carboxylic acids is 2. The Bertz CT molecular complexity index is 330. The van der Waals surface area contributed by atoms with E-state index < -0.39 is 11.9 Å². The summed E-state index contributed by atoms with van der Waals surface area (Å²) < 4.78 is 0. The van der Waals surface area contributed by atoms with E-state index in [1.165, 1.54) is 6.92 Å². The fraction of sp³-hybridized carbons (Fsp3) is 0.727. The molecule has 1 N–H and O–H groups in total. The van der Waals surface area contributed by atoms with Gasteiger partial charge < -0.3 is 5.11 Å². The number of hydrogen-bond donors (Lipinski definition) is 1. The number of hydrogen-bond acceptors (Lipinski definition) is 3. The number of rotatable bonds is 3. The maximum absolute atomic E-state index is 11.9. The molecule has 1 aliphatic heterocycles. The topological polar surface area (TPSA) is 74.7 Å². The van der Waals surface area contributed by atoms with Crippen LogP contribution in [-0.4, -0.2) is 34.3 Å². The van der Waals surface area contributed by atoms with Crippen molar-refractivity contribution in [1.29, 1.82) is 0 Å². The first-order chi connectivity index (χ1) is 7.50. The highest BCUT2D eigenvalue weighted by Crippen LogP contribution is 2.38. The molecule has 3 atom stereocenters. The number of likely N-dealkylation sites (tertiary alicyclic amines) is 1. The van der Waals surface area contributed by atoms with Crippen LogP contribution in [0.5, 0.6) is 0 Å². The minimum absolute atomic E-state index is 0.0139. The molecule has 88 valence electrons. The molecule has 1 heterocycles. The number of aliphatic carboxylic acids is 1. The first-order valence-corrected chi connectivity index (χ1v) is 5.58. The van der Waals surface area contributed by atoms with E-state index in [1.54, 1.807) is 0 Å². The van der Waals surface area contributed by atoms with Crippen molar-refractivity contribution >= 4 is 17.8 Å². The number of amides is 2. The molecule has 2 bridgehead atoms. The Morgan fingerprint density at radius 3 is 2.31 bits per heavy atom. The van der Waals surface area contributed by atoms with Gasteiger partial charge in [0.2, 0.25) is 11.8 Å². The molecule has 3 unspecified atom stereocenters. The molecule has 0 aromatic carbocycles. The van der Waals surface area contributed by atoms with E-state index in [-0.39, 0.29) is 30.2 Å². The van der Waals surface area contributed by atoms with Crippen molar-refractivity contribution in [3.05, 3.63) is 0 Å². The molecule has 0 spiro atoms. The zero-order valence-corrected chi connectivity index (χ0v) is 9.18. The van der Waals surface area contributed by atoms with Crippen molar-refractivity contribution in [2.45, 2.75) is 26.2 Å². The summed E-state index contributed by atoms with van der Waals surface area (Å²) >= 11 is 0. The highest BCUT2D eigenvalue weighted by atomic mass is 16.4. The normalized spacial score (nSPS) is 30.7. The van der Waals surface area contributed by atoms with Crippen LogP contribution in [0.15, 0.2) is 0 Å². The average Bonchev–Trinajstić information content (AvgIpc) is 2.68. The second-order valence-electron chi connectivity index (χ2n) is 4.73. The monoisotopic (exact) mass is 225 g/mol. The number of piperidine rings is 1. The van der Waals surface area contributed by atoms with Crippen LogP contribution in [0, 0.1) is 17.8 Å². The summed E-state index contributed by atoms with van der Waals surface area (Å²) in [5, 5.41) is 8.78. The van der Waals surface area contributed by atoms with Crippen molar-refractivity contribution in [1.82, 2.24) is 4.90 Å². The number of carbonyl (C=O) groups is 3. The lowest BCUT2D eigenvalue weighted by atomic mass is 9.96. The smallest absolute Gasteiger partial charge is 0.308 e. The van der Waals surface area contributed by atoms with Crippen molar-refractivity contribution in [3.8, 4) is 0 Å². The quantitative estimate of drug-likeness (QED) is 0.709. The Hall–Kier alpha value is -1.39. The van der Waals surface area contributed by atoms with E-state index in [1.807, 2.05) is 0 Å². The third-order valence-electron chi connectivity index (χ3n) is 3.54. The van der Waals surface area contributed by atoms with E-state index in [0.29, 0.717) is 6.42 Å². The van der Waals surface area contributed by atoms with E-state index in [2.05, 4.69) is 0 Å². The van der Waals surface area contributed by atoms with E-state index in [0.717, 1.165) is 17.7 Å². The van der Waals surface area contributed by atoms with Crippen LogP contribution in [0.3, 0.4) is 0 Å². The Balaban J connectivity index is 2.11. The van der Waals surface area contributed by atoms with Gasteiger partial charge in [0, 0.05) is 18.4 Å². The number of carboxylic acid groups (broad SMARTS) is 1. The standard InChI is InChI=1S/C11H15NO4/c1-6(11(15)16)5-12-9(13)7-2-3-8(4-7)10(12)14/h6-8H,2-5H2,1H3,(H,15,16). The summed E-state index contributed by atoms with van der Waals surface area (Å²) in [7, 11) is 0. The maximum Gasteiger partial charge on any atom is 0.308 e. The van der Waals surface area contributed by atoms with Gasteiger partial charge in [0.15, 0.2) is 0 Å². The molecular formula is C11H15NO4. The molecule has 2 amide bonds. The molecule has 0 aromatic rings. The predicted octanol–water partition coefficient (Wildman–Crippen LogP) is 0.492. The molecule has 5 heteroatoms. The van der Waals surface area contributed by atoms with Gasteiger partial charge in [-0.3, -0.25) is 19.3 Å². The predicted molar refractivity (Wildman–Crippen MR) is 54.4 cm³/mol. The van der Waals surface area contributed by atoms with Crippen LogP contribution in [0.25, 0.3) is 0 Å². The Kier molecular flexibility index (Phi) is 2.69. The van der Waals surface area contributed by atoms with Gasteiger partial charge in [-0.15, -0.1) is 0 Å². The van der Waals surface area contributed by atoms with Gasteiger partial charge in [-0.05, 0) is 19.3 Å². The summed E-state index contributed by atoms with van der Waals surface area (Å²) in [4.78, 5) is 35.6. The molecule has 2 rings (SSSR count).